The summed E-state index contributed by atoms with van der Waals surface area (Å²) in [4.78, 5) is 15.9. The van der Waals surface area contributed by atoms with E-state index in [9.17, 15) is 4.79 Å². The van der Waals surface area contributed by atoms with E-state index >= 15 is 0 Å². The third kappa shape index (κ3) is 2.46. The van der Waals surface area contributed by atoms with Crippen LogP contribution < -0.4 is 0 Å². The number of pyridine rings is 1. The number of hydrogen-bond acceptors (Lipinski definition) is 2. The molecular formula is C15H14N2OY-2. The largest absolute Gasteiger partial charge is 0.670 e. The van der Waals surface area contributed by atoms with Crippen LogP contribution in [0.5, 0.6) is 0 Å². The van der Waals surface area contributed by atoms with E-state index in [1.165, 1.54) is 0 Å². The first kappa shape index (κ1) is 14.6. The number of amides is 1. The van der Waals surface area contributed by atoms with Crippen molar-refractivity contribution in [3.63, 3.8) is 0 Å². The van der Waals surface area contributed by atoms with Gasteiger partial charge in [0.1, 0.15) is 0 Å². The summed E-state index contributed by atoms with van der Waals surface area (Å²) in [5, 5.41) is 1.08. The number of fused-ring (bicyclic) bond motifs is 2. The average Bonchev–Trinajstić information content (AvgIpc) is 2.62. The number of nitrogens with zero attached hydrogens (tertiary/aromatic N) is 1. The molecule has 0 fully saturated rings. The fourth-order valence-electron chi connectivity index (χ4n) is 2.64. The van der Waals surface area contributed by atoms with E-state index in [-0.39, 0.29) is 32.7 Å². The Hall–Kier alpha value is -0.796. The van der Waals surface area contributed by atoms with Crippen LogP contribution in [0.4, 0.5) is 0 Å². The number of carbonyl (C=O) groups excluding carboxylic acids is 1. The summed E-state index contributed by atoms with van der Waals surface area (Å²) in [6, 6.07) is 8.14. The molecule has 0 spiro atoms. The van der Waals surface area contributed by atoms with Crippen molar-refractivity contribution >= 4 is 16.8 Å². The third-order valence-electron chi connectivity index (χ3n) is 3.69. The zero-order chi connectivity index (χ0) is 12.9. The topological polar surface area (TPSA) is 53.8 Å². The van der Waals surface area contributed by atoms with Gasteiger partial charge in [-0.3, -0.25) is 4.98 Å². The van der Waals surface area contributed by atoms with Gasteiger partial charge in [-0.15, -0.1) is 5.41 Å². The van der Waals surface area contributed by atoms with Crippen LogP contribution in [-0.2, 0) is 50.3 Å². The van der Waals surface area contributed by atoms with Gasteiger partial charge in [0, 0.05) is 49.7 Å². The first-order chi connectivity index (χ1) is 8.48. The first-order valence-corrected chi connectivity index (χ1v) is 5.98. The quantitative estimate of drug-likeness (QED) is 0.756. The monoisotopic (exact) mass is 327 g/mol. The van der Waals surface area contributed by atoms with Crippen LogP contribution in [0, 0.1) is 19.3 Å². The SMILES string of the molecule is [CH2-]C1(C([NH-])=O)Cc2cc3ccc(C)nc3cc2C1.[Y]. The van der Waals surface area contributed by atoms with Gasteiger partial charge in [0.2, 0.25) is 0 Å². The van der Waals surface area contributed by atoms with Crippen LogP contribution in [0.1, 0.15) is 16.8 Å². The molecule has 1 aliphatic carbocycles. The van der Waals surface area contributed by atoms with E-state index in [4.69, 9.17) is 5.73 Å². The smallest absolute Gasteiger partial charge is 0.0708 e. The van der Waals surface area contributed by atoms with Crippen molar-refractivity contribution in [1.29, 1.82) is 0 Å². The normalized spacial score (nSPS) is 20.9. The third-order valence-corrected chi connectivity index (χ3v) is 3.69. The minimum atomic E-state index is -0.797. The Morgan fingerprint density at radius 3 is 2.58 bits per heavy atom. The molecular weight excluding hydrogens is 313 g/mol. The van der Waals surface area contributed by atoms with Crippen LogP contribution in [0.25, 0.3) is 16.6 Å². The molecule has 1 N–H and O–H groups in total. The van der Waals surface area contributed by atoms with Gasteiger partial charge < -0.3 is 17.5 Å². The number of rotatable bonds is 1. The Kier molecular flexibility index (Phi) is 3.81. The zero-order valence-electron chi connectivity index (χ0n) is 10.9. The number of aryl methyl sites for hydroxylation is 1. The summed E-state index contributed by atoms with van der Waals surface area (Å²) >= 11 is 0. The average molecular weight is 327 g/mol. The van der Waals surface area contributed by atoms with Gasteiger partial charge in [-0.2, -0.15) is 0 Å². The number of hydrogen-bond donors (Lipinski definition) is 0. The number of carbonyl (C=O) groups is 1. The molecule has 0 bridgehead atoms. The molecule has 3 nitrogen and oxygen atoms in total. The van der Waals surface area contributed by atoms with Crippen LogP contribution >= 0.6 is 0 Å². The van der Waals surface area contributed by atoms with Gasteiger partial charge in [0.05, 0.1) is 5.52 Å². The Labute approximate surface area is 137 Å². The summed E-state index contributed by atoms with van der Waals surface area (Å²) in [5.74, 6) is -0.577. The second kappa shape index (κ2) is 4.95. The van der Waals surface area contributed by atoms with Gasteiger partial charge >= 0.3 is 0 Å². The number of aromatic nitrogens is 1. The predicted octanol–water partition coefficient (Wildman–Crippen LogP) is 3.04. The van der Waals surface area contributed by atoms with Gasteiger partial charge in [0.25, 0.3) is 0 Å². The van der Waals surface area contributed by atoms with Gasteiger partial charge in [0.15, 0.2) is 0 Å². The van der Waals surface area contributed by atoms with Gasteiger partial charge in [-0.05, 0) is 49.1 Å². The molecule has 0 saturated carbocycles. The Morgan fingerprint density at radius 1 is 1.32 bits per heavy atom. The maximum atomic E-state index is 11.4. The van der Waals surface area contributed by atoms with E-state index in [0.717, 1.165) is 27.7 Å². The molecule has 4 heteroatoms. The molecule has 1 aliphatic rings. The van der Waals surface area contributed by atoms with Crippen molar-refractivity contribution < 1.29 is 37.5 Å². The molecule has 19 heavy (non-hydrogen) atoms. The van der Waals surface area contributed by atoms with E-state index in [0.29, 0.717) is 12.8 Å². The fourth-order valence-corrected chi connectivity index (χ4v) is 2.64. The zero-order valence-corrected chi connectivity index (χ0v) is 13.7. The van der Waals surface area contributed by atoms with Crippen molar-refractivity contribution in [3.8, 4) is 0 Å². The predicted molar refractivity (Wildman–Crippen MR) is 71.0 cm³/mol. The molecule has 95 valence electrons. The Balaban J connectivity index is 0.00000133. The maximum absolute atomic E-state index is 11.4. The van der Waals surface area contributed by atoms with Crippen molar-refractivity contribution in [1.82, 2.24) is 4.98 Å². The van der Waals surface area contributed by atoms with Crippen LogP contribution in [0.2, 0.25) is 0 Å². The van der Waals surface area contributed by atoms with Gasteiger partial charge in [-0.25, -0.2) is 0 Å². The molecule has 1 atom stereocenters. The molecule has 1 amide bonds. The molecule has 1 aromatic heterocycles. The second-order valence-corrected chi connectivity index (χ2v) is 5.23. The van der Waals surface area contributed by atoms with E-state index in [1.54, 1.807) is 0 Å². The van der Waals surface area contributed by atoms with Gasteiger partial charge in [-0.1, -0.05) is 6.07 Å². The second-order valence-electron chi connectivity index (χ2n) is 5.23. The van der Waals surface area contributed by atoms with E-state index in [2.05, 4.69) is 18.0 Å². The van der Waals surface area contributed by atoms with Crippen molar-refractivity contribution in [2.24, 2.45) is 5.41 Å². The first-order valence-electron chi connectivity index (χ1n) is 5.98. The fraction of sp³-hybridized carbons (Fsp3) is 0.267. The minimum Gasteiger partial charge on any atom is -0.670 e. The van der Waals surface area contributed by atoms with E-state index < -0.39 is 11.3 Å². The molecule has 1 heterocycles. The van der Waals surface area contributed by atoms with Crippen LogP contribution in [0.3, 0.4) is 0 Å². The molecule has 1 radical (unpaired) electrons. The van der Waals surface area contributed by atoms with Crippen LogP contribution in [0.15, 0.2) is 24.3 Å². The van der Waals surface area contributed by atoms with E-state index in [1.807, 2.05) is 25.1 Å². The summed E-state index contributed by atoms with van der Waals surface area (Å²) < 4.78 is 0. The molecule has 2 aromatic rings. The van der Waals surface area contributed by atoms with Crippen LogP contribution in [-0.4, -0.2) is 10.9 Å². The van der Waals surface area contributed by atoms with Crippen molar-refractivity contribution in [3.05, 3.63) is 53.7 Å². The Bertz CT molecular complexity index is 668. The summed E-state index contributed by atoms with van der Waals surface area (Å²) in [7, 11) is 0. The molecule has 3 rings (SSSR count). The maximum Gasteiger partial charge on any atom is 0.0708 e. The number of nitrogens with one attached hydrogen (secondary N) is 1. The Morgan fingerprint density at radius 2 is 1.95 bits per heavy atom. The summed E-state index contributed by atoms with van der Waals surface area (Å²) in [6.07, 6.45) is 1.12. The molecule has 1 unspecified atom stereocenters. The van der Waals surface area contributed by atoms with Crippen molar-refractivity contribution in [2.45, 2.75) is 19.8 Å². The summed E-state index contributed by atoms with van der Waals surface area (Å²) in [6.45, 7) is 5.90. The summed E-state index contributed by atoms with van der Waals surface area (Å²) in [5.41, 5.74) is 10.7. The molecule has 0 aliphatic heterocycles. The van der Waals surface area contributed by atoms with Crippen molar-refractivity contribution in [2.75, 3.05) is 0 Å². The standard InChI is InChI=1S/C15H15N2O.Y/c1-9-3-4-10-5-11-7-15(2,14(16)18)8-12(11)6-13(10)17-9;/h3-6H,2,7-8H2,1H3,(H2,16,18);/q-1;/p-1. The molecule has 0 saturated heterocycles. The minimum absolute atomic E-state index is 0. The molecule has 1 aromatic carbocycles. The number of benzene rings is 1.